The van der Waals surface area contributed by atoms with E-state index in [1.165, 1.54) is 11.3 Å². The Morgan fingerprint density at radius 3 is 2.95 bits per heavy atom. The minimum absolute atomic E-state index is 0.178. The molecule has 8 heteroatoms. The van der Waals surface area contributed by atoms with Crippen molar-refractivity contribution in [1.82, 2.24) is 20.0 Å². The van der Waals surface area contributed by atoms with Crippen LogP contribution in [0.15, 0.2) is 12.3 Å². The van der Waals surface area contributed by atoms with Crippen LogP contribution in [0.5, 0.6) is 0 Å². The summed E-state index contributed by atoms with van der Waals surface area (Å²) in [7, 11) is 0. The molecule has 0 saturated heterocycles. The van der Waals surface area contributed by atoms with Crippen LogP contribution in [-0.4, -0.2) is 32.4 Å². The third-order valence-corrected chi connectivity index (χ3v) is 3.23. The lowest BCUT2D eigenvalue weighted by Crippen LogP contribution is -2.16. The molecule has 0 spiro atoms. The zero-order chi connectivity index (χ0) is 13.8. The van der Waals surface area contributed by atoms with Crippen LogP contribution in [0.1, 0.15) is 36.6 Å². The van der Waals surface area contributed by atoms with Gasteiger partial charge in [0.25, 0.3) is 5.91 Å². The number of anilines is 2. The van der Waals surface area contributed by atoms with Gasteiger partial charge in [-0.05, 0) is 20.8 Å². The Morgan fingerprint density at radius 2 is 2.26 bits per heavy atom. The number of nitrogens with one attached hydrogen (secondary N) is 2. The van der Waals surface area contributed by atoms with Gasteiger partial charge in [-0.2, -0.15) is 5.10 Å². The number of aromatic nitrogens is 4. The van der Waals surface area contributed by atoms with Crippen LogP contribution in [0.3, 0.4) is 0 Å². The number of carbonyl (C=O) groups excluding carboxylic acids is 1. The van der Waals surface area contributed by atoms with Crippen LogP contribution < -0.4 is 10.6 Å². The van der Waals surface area contributed by atoms with Crippen molar-refractivity contribution in [1.29, 1.82) is 0 Å². The molecule has 0 saturated carbocycles. The summed E-state index contributed by atoms with van der Waals surface area (Å²) in [6.07, 6.45) is 1.65. The van der Waals surface area contributed by atoms with Crippen LogP contribution in [0, 0.1) is 0 Å². The molecule has 0 aliphatic carbocycles. The second kappa shape index (κ2) is 5.79. The van der Waals surface area contributed by atoms with Crippen LogP contribution in [-0.2, 0) is 0 Å². The van der Waals surface area contributed by atoms with Crippen molar-refractivity contribution in [3.05, 3.63) is 17.3 Å². The Labute approximate surface area is 115 Å². The molecule has 0 aromatic carbocycles. The highest BCUT2D eigenvalue weighted by molar-refractivity contribution is 7.17. The van der Waals surface area contributed by atoms with Crippen molar-refractivity contribution in [2.75, 3.05) is 17.2 Å². The number of amides is 1. The van der Waals surface area contributed by atoms with Gasteiger partial charge in [-0.25, -0.2) is 4.68 Å². The number of hydrogen-bond acceptors (Lipinski definition) is 6. The van der Waals surface area contributed by atoms with Crippen molar-refractivity contribution in [2.24, 2.45) is 0 Å². The standard InChI is InChI=1S/C11H16N6OS/c1-4-12-11-16-15-10(19-11)9(18)14-8-5-6-13-17(8)7(2)3/h5-7H,4H2,1-3H3,(H,12,16)(H,14,18). The highest BCUT2D eigenvalue weighted by Gasteiger charge is 2.15. The van der Waals surface area contributed by atoms with Gasteiger partial charge in [0.05, 0.1) is 6.20 Å². The Balaban J connectivity index is 2.09. The molecule has 0 fully saturated rings. The highest BCUT2D eigenvalue weighted by atomic mass is 32.1. The summed E-state index contributed by atoms with van der Waals surface area (Å²) in [4.78, 5) is 12.0. The normalized spacial score (nSPS) is 10.7. The van der Waals surface area contributed by atoms with E-state index in [2.05, 4.69) is 25.9 Å². The minimum atomic E-state index is -0.274. The molecule has 2 aromatic heterocycles. The van der Waals surface area contributed by atoms with E-state index in [0.717, 1.165) is 6.54 Å². The fourth-order valence-corrected chi connectivity index (χ4v) is 2.24. The van der Waals surface area contributed by atoms with Crippen LogP contribution in [0.2, 0.25) is 0 Å². The minimum Gasteiger partial charge on any atom is -0.360 e. The van der Waals surface area contributed by atoms with Crippen LogP contribution >= 0.6 is 11.3 Å². The molecular weight excluding hydrogens is 264 g/mol. The fraction of sp³-hybridized carbons (Fsp3) is 0.455. The number of nitrogens with zero attached hydrogens (tertiary/aromatic N) is 4. The third-order valence-electron chi connectivity index (χ3n) is 2.35. The third kappa shape index (κ3) is 3.08. The molecule has 2 N–H and O–H groups in total. The van der Waals surface area contributed by atoms with Gasteiger partial charge in [-0.15, -0.1) is 10.2 Å². The summed E-state index contributed by atoms with van der Waals surface area (Å²) in [6.45, 7) is 6.70. The van der Waals surface area contributed by atoms with Gasteiger partial charge in [0, 0.05) is 18.7 Å². The van der Waals surface area contributed by atoms with Crippen LogP contribution in [0.4, 0.5) is 10.9 Å². The summed E-state index contributed by atoms with van der Waals surface area (Å²) in [6, 6.07) is 1.93. The smallest absolute Gasteiger partial charge is 0.287 e. The molecule has 0 aliphatic heterocycles. The zero-order valence-corrected chi connectivity index (χ0v) is 11.9. The lowest BCUT2D eigenvalue weighted by Gasteiger charge is -2.10. The molecule has 2 heterocycles. The maximum Gasteiger partial charge on any atom is 0.287 e. The summed E-state index contributed by atoms with van der Waals surface area (Å²) < 4.78 is 1.74. The van der Waals surface area contributed by atoms with Crippen molar-refractivity contribution >= 4 is 28.2 Å². The van der Waals surface area contributed by atoms with Crippen molar-refractivity contribution < 1.29 is 4.79 Å². The molecule has 0 bridgehead atoms. The molecule has 7 nitrogen and oxygen atoms in total. The molecule has 0 radical (unpaired) electrons. The molecular formula is C11H16N6OS. The van der Waals surface area contributed by atoms with Crippen molar-refractivity contribution in [3.8, 4) is 0 Å². The summed E-state index contributed by atoms with van der Waals surface area (Å²) in [5.41, 5.74) is 0. The Bertz CT molecular complexity index is 561. The van der Waals surface area contributed by atoms with Gasteiger partial charge in [0.15, 0.2) is 0 Å². The lowest BCUT2D eigenvalue weighted by molar-refractivity contribution is 0.102. The molecule has 19 heavy (non-hydrogen) atoms. The fourth-order valence-electron chi connectivity index (χ4n) is 1.53. The highest BCUT2D eigenvalue weighted by Crippen LogP contribution is 2.18. The maximum absolute atomic E-state index is 12.0. The average Bonchev–Trinajstić information content (AvgIpc) is 2.98. The Hall–Kier alpha value is -1.96. The topological polar surface area (TPSA) is 84.7 Å². The van der Waals surface area contributed by atoms with Gasteiger partial charge in [0.2, 0.25) is 10.1 Å². The summed E-state index contributed by atoms with van der Waals surface area (Å²) in [5.74, 6) is 0.379. The number of rotatable bonds is 5. The van der Waals surface area contributed by atoms with E-state index in [4.69, 9.17) is 0 Å². The van der Waals surface area contributed by atoms with Gasteiger partial charge in [-0.3, -0.25) is 4.79 Å². The first kappa shape index (κ1) is 13.5. The van der Waals surface area contributed by atoms with Gasteiger partial charge < -0.3 is 10.6 Å². The summed E-state index contributed by atoms with van der Waals surface area (Å²) in [5, 5.41) is 18.7. The largest absolute Gasteiger partial charge is 0.360 e. The van der Waals surface area contributed by atoms with Gasteiger partial charge in [-0.1, -0.05) is 11.3 Å². The molecule has 1 amide bonds. The van der Waals surface area contributed by atoms with Crippen LogP contribution in [0.25, 0.3) is 0 Å². The van der Waals surface area contributed by atoms with E-state index < -0.39 is 0 Å². The first-order valence-corrected chi connectivity index (χ1v) is 6.85. The van der Waals surface area contributed by atoms with E-state index in [1.54, 1.807) is 16.9 Å². The lowest BCUT2D eigenvalue weighted by atomic mass is 10.4. The average molecular weight is 280 g/mol. The van der Waals surface area contributed by atoms with E-state index >= 15 is 0 Å². The number of carbonyl (C=O) groups is 1. The Morgan fingerprint density at radius 1 is 1.47 bits per heavy atom. The maximum atomic E-state index is 12.0. The predicted octanol–water partition coefficient (Wildman–Crippen LogP) is 2.00. The molecule has 2 rings (SSSR count). The second-order valence-electron chi connectivity index (χ2n) is 4.15. The molecule has 102 valence electrons. The van der Waals surface area contributed by atoms with E-state index in [9.17, 15) is 4.79 Å². The monoisotopic (exact) mass is 280 g/mol. The van der Waals surface area contributed by atoms with Crippen molar-refractivity contribution in [2.45, 2.75) is 26.8 Å². The van der Waals surface area contributed by atoms with E-state index in [-0.39, 0.29) is 11.9 Å². The van der Waals surface area contributed by atoms with Gasteiger partial charge >= 0.3 is 0 Å². The molecule has 2 aromatic rings. The zero-order valence-electron chi connectivity index (χ0n) is 11.0. The molecule has 0 atom stereocenters. The SMILES string of the molecule is CCNc1nnc(C(=O)Nc2ccnn2C(C)C)s1. The number of hydrogen-bond donors (Lipinski definition) is 2. The van der Waals surface area contributed by atoms with E-state index in [0.29, 0.717) is 16.0 Å². The van der Waals surface area contributed by atoms with Crippen molar-refractivity contribution in [3.63, 3.8) is 0 Å². The quantitative estimate of drug-likeness (QED) is 0.875. The molecule has 0 unspecified atom stereocenters. The first-order valence-electron chi connectivity index (χ1n) is 6.04. The summed E-state index contributed by atoms with van der Waals surface area (Å²) >= 11 is 1.23. The van der Waals surface area contributed by atoms with E-state index in [1.807, 2.05) is 20.8 Å². The van der Waals surface area contributed by atoms with Gasteiger partial charge in [0.1, 0.15) is 5.82 Å². The molecule has 0 aliphatic rings. The predicted molar refractivity (Wildman–Crippen MR) is 74.6 cm³/mol. The Kier molecular flexibility index (Phi) is 4.10. The first-order chi connectivity index (χ1) is 9.11. The second-order valence-corrected chi connectivity index (χ2v) is 5.13.